The minimum Gasteiger partial charge on any atom is -0.383 e. The van der Waals surface area contributed by atoms with Crippen molar-refractivity contribution in [2.24, 2.45) is 0 Å². The van der Waals surface area contributed by atoms with E-state index in [9.17, 15) is 4.79 Å². The molecule has 2 aromatic rings. The van der Waals surface area contributed by atoms with E-state index >= 15 is 0 Å². The van der Waals surface area contributed by atoms with Crippen LogP contribution in [0, 0.1) is 13.8 Å². The molecule has 110 valence electrons. The number of nitrogens with one attached hydrogen (secondary N) is 2. The van der Waals surface area contributed by atoms with Crippen LogP contribution in [0.25, 0.3) is 0 Å². The van der Waals surface area contributed by atoms with Gasteiger partial charge in [0, 0.05) is 23.6 Å². The highest BCUT2D eigenvalue weighted by Crippen LogP contribution is 2.19. The lowest BCUT2D eigenvalue weighted by molar-refractivity contribution is 0.102. The lowest BCUT2D eigenvalue weighted by Gasteiger charge is -2.12. The summed E-state index contributed by atoms with van der Waals surface area (Å²) < 4.78 is 0. The molecule has 1 aromatic heterocycles. The molecule has 0 aliphatic heterocycles. The second kappa shape index (κ2) is 6.39. The van der Waals surface area contributed by atoms with E-state index in [0.717, 1.165) is 22.5 Å². The zero-order chi connectivity index (χ0) is 15.4. The van der Waals surface area contributed by atoms with Crippen LogP contribution in [0.5, 0.6) is 0 Å². The molecule has 0 aliphatic carbocycles. The van der Waals surface area contributed by atoms with Crippen LogP contribution in [0.2, 0.25) is 0 Å². The number of hydrogen-bond donors (Lipinski definition) is 2. The average Bonchev–Trinajstić information content (AvgIpc) is 2.43. The number of aryl methyl sites for hydroxylation is 1. The van der Waals surface area contributed by atoms with Crippen LogP contribution >= 0.6 is 0 Å². The topological polar surface area (TPSA) is 54.0 Å². The molecule has 0 fully saturated rings. The molecule has 1 amide bonds. The van der Waals surface area contributed by atoms with E-state index in [1.54, 1.807) is 12.3 Å². The lowest BCUT2D eigenvalue weighted by atomic mass is 10.1. The smallest absolute Gasteiger partial charge is 0.274 e. The van der Waals surface area contributed by atoms with Gasteiger partial charge in [-0.25, -0.2) is 0 Å². The molecular formula is C17H21N3O. The van der Waals surface area contributed by atoms with Crippen molar-refractivity contribution in [3.8, 4) is 0 Å². The van der Waals surface area contributed by atoms with Gasteiger partial charge in [-0.2, -0.15) is 0 Å². The summed E-state index contributed by atoms with van der Waals surface area (Å²) >= 11 is 0. The first-order valence-electron chi connectivity index (χ1n) is 7.07. The molecule has 2 rings (SSSR count). The monoisotopic (exact) mass is 283 g/mol. The van der Waals surface area contributed by atoms with Crippen molar-refractivity contribution in [3.05, 3.63) is 53.3 Å². The fourth-order valence-corrected chi connectivity index (χ4v) is 2.05. The Morgan fingerprint density at radius 2 is 1.95 bits per heavy atom. The first kappa shape index (κ1) is 15.0. The Hall–Kier alpha value is -2.36. The van der Waals surface area contributed by atoms with E-state index in [-0.39, 0.29) is 5.91 Å². The molecule has 0 saturated carbocycles. The zero-order valence-electron chi connectivity index (χ0n) is 12.9. The van der Waals surface area contributed by atoms with E-state index in [4.69, 9.17) is 0 Å². The Bertz CT molecular complexity index is 650. The molecule has 1 aromatic carbocycles. The summed E-state index contributed by atoms with van der Waals surface area (Å²) in [6.45, 7) is 8.12. The quantitative estimate of drug-likeness (QED) is 0.898. The van der Waals surface area contributed by atoms with Crippen LogP contribution in [-0.4, -0.2) is 16.9 Å². The van der Waals surface area contributed by atoms with Gasteiger partial charge in [0.05, 0.1) is 0 Å². The van der Waals surface area contributed by atoms with Gasteiger partial charge in [-0.1, -0.05) is 12.1 Å². The number of anilines is 2. The van der Waals surface area contributed by atoms with Crippen LogP contribution < -0.4 is 10.6 Å². The first-order valence-corrected chi connectivity index (χ1v) is 7.07. The molecule has 0 unspecified atom stereocenters. The molecule has 0 radical (unpaired) electrons. The highest BCUT2D eigenvalue weighted by molar-refractivity contribution is 6.03. The second-order valence-corrected chi connectivity index (χ2v) is 5.43. The summed E-state index contributed by atoms with van der Waals surface area (Å²) in [5.74, 6) is -0.198. The van der Waals surface area contributed by atoms with Gasteiger partial charge < -0.3 is 10.6 Å². The van der Waals surface area contributed by atoms with E-state index in [2.05, 4.69) is 29.5 Å². The van der Waals surface area contributed by atoms with Crippen LogP contribution in [0.1, 0.15) is 35.5 Å². The number of hydrogen-bond acceptors (Lipinski definition) is 3. The van der Waals surface area contributed by atoms with Gasteiger partial charge in [-0.15, -0.1) is 0 Å². The number of nitrogens with zero attached hydrogens (tertiary/aromatic N) is 1. The fraction of sp³-hybridized carbons (Fsp3) is 0.294. The van der Waals surface area contributed by atoms with Crippen LogP contribution in [-0.2, 0) is 0 Å². The van der Waals surface area contributed by atoms with Crippen LogP contribution in [0.4, 0.5) is 11.4 Å². The van der Waals surface area contributed by atoms with Gasteiger partial charge in [0.25, 0.3) is 5.91 Å². The predicted octanol–water partition coefficient (Wildman–Crippen LogP) is 3.77. The molecule has 0 spiro atoms. The maximum absolute atomic E-state index is 12.3. The minimum atomic E-state index is -0.198. The Kier molecular flexibility index (Phi) is 4.58. The minimum absolute atomic E-state index is 0.198. The maximum Gasteiger partial charge on any atom is 0.274 e. The zero-order valence-corrected chi connectivity index (χ0v) is 12.9. The third kappa shape index (κ3) is 3.81. The van der Waals surface area contributed by atoms with Gasteiger partial charge in [-0.3, -0.25) is 9.78 Å². The SMILES string of the molecule is Cc1cccc(NC(=O)c2cc(NC(C)C)ccn2)c1C. The Morgan fingerprint density at radius 3 is 2.67 bits per heavy atom. The fourth-order valence-electron chi connectivity index (χ4n) is 2.05. The molecule has 21 heavy (non-hydrogen) atoms. The van der Waals surface area contributed by atoms with Crippen molar-refractivity contribution < 1.29 is 4.79 Å². The summed E-state index contributed by atoms with van der Waals surface area (Å²) in [6.07, 6.45) is 1.64. The summed E-state index contributed by atoms with van der Waals surface area (Å²) in [4.78, 5) is 16.5. The van der Waals surface area contributed by atoms with Crippen molar-refractivity contribution in [1.29, 1.82) is 0 Å². The maximum atomic E-state index is 12.3. The number of carbonyl (C=O) groups excluding carboxylic acids is 1. The number of aromatic nitrogens is 1. The molecule has 2 N–H and O–H groups in total. The Morgan fingerprint density at radius 1 is 1.19 bits per heavy atom. The largest absolute Gasteiger partial charge is 0.383 e. The number of carbonyl (C=O) groups is 1. The van der Waals surface area contributed by atoms with Crippen molar-refractivity contribution in [1.82, 2.24) is 4.98 Å². The Labute approximate surface area is 125 Å². The molecule has 0 atom stereocenters. The van der Waals surface area contributed by atoms with Crippen molar-refractivity contribution in [2.75, 3.05) is 10.6 Å². The van der Waals surface area contributed by atoms with Gasteiger partial charge in [0.2, 0.25) is 0 Å². The second-order valence-electron chi connectivity index (χ2n) is 5.43. The van der Waals surface area contributed by atoms with E-state index in [0.29, 0.717) is 11.7 Å². The van der Waals surface area contributed by atoms with Crippen LogP contribution in [0.15, 0.2) is 36.5 Å². The van der Waals surface area contributed by atoms with Gasteiger partial charge in [-0.05, 0) is 57.0 Å². The summed E-state index contributed by atoms with van der Waals surface area (Å²) in [5, 5.41) is 6.18. The van der Waals surface area contributed by atoms with Crippen molar-refractivity contribution in [3.63, 3.8) is 0 Å². The van der Waals surface area contributed by atoms with Crippen molar-refractivity contribution in [2.45, 2.75) is 33.7 Å². The average molecular weight is 283 g/mol. The normalized spacial score (nSPS) is 10.5. The molecular weight excluding hydrogens is 262 g/mol. The molecule has 0 bridgehead atoms. The van der Waals surface area contributed by atoms with E-state index in [1.807, 2.05) is 38.1 Å². The number of benzene rings is 1. The van der Waals surface area contributed by atoms with Gasteiger partial charge >= 0.3 is 0 Å². The summed E-state index contributed by atoms with van der Waals surface area (Å²) in [6, 6.07) is 9.78. The van der Waals surface area contributed by atoms with Gasteiger partial charge in [0.1, 0.15) is 5.69 Å². The highest BCUT2D eigenvalue weighted by Gasteiger charge is 2.10. The van der Waals surface area contributed by atoms with Crippen molar-refractivity contribution >= 4 is 17.3 Å². The van der Waals surface area contributed by atoms with E-state index < -0.39 is 0 Å². The lowest BCUT2D eigenvalue weighted by Crippen LogP contribution is -2.16. The first-order chi connectivity index (χ1) is 9.97. The van der Waals surface area contributed by atoms with Gasteiger partial charge in [0.15, 0.2) is 0 Å². The molecule has 4 nitrogen and oxygen atoms in total. The number of amides is 1. The van der Waals surface area contributed by atoms with Crippen LogP contribution in [0.3, 0.4) is 0 Å². The third-order valence-corrected chi connectivity index (χ3v) is 3.30. The Balaban J connectivity index is 2.18. The number of rotatable bonds is 4. The molecule has 0 saturated heterocycles. The highest BCUT2D eigenvalue weighted by atomic mass is 16.1. The summed E-state index contributed by atoms with van der Waals surface area (Å²) in [7, 11) is 0. The molecule has 0 aliphatic rings. The molecule has 4 heteroatoms. The standard InChI is InChI=1S/C17H21N3O/c1-11(2)19-14-8-9-18-16(10-14)17(21)20-15-7-5-6-12(3)13(15)4/h5-11H,1-4H3,(H,18,19)(H,20,21). The number of pyridine rings is 1. The predicted molar refractivity (Wildman–Crippen MR) is 86.9 cm³/mol. The molecule has 1 heterocycles. The van der Waals surface area contributed by atoms with E-state index in [1.165, 1.54) is 0 Å². The third-order valence-electron chi connectivity index (χ3n) is 3.30. The summed E-state index contributed by atoms with van der Waals surface area (Å²) in [5.41, 5.74) is 4.34.